The molecule has 10 nitrogen and oxygen atoms in total. The van der Waals surface area contributed by atoms with Crippen LogP contribution in [0.25, 0.3) is 0 Å². The van der Waals surface area contributed by atoms with E-state index in [0.717, 1.165) is 18.5 Å². The SMILES string of the molecule is C=C1C(=O)N=C(n2nc(C3CC3)cc2NC(=O)c2cc(OC)c(OC)c(OC)c2)N=C1C. The number of benzene rings is 1. The minimum absolute atomic E-state index is 0.0759. The second-order valence-corrected chi connectivity index (χ2v) is 7.40. The summed E-state index contributed by atoms with van der Waals surface area (Å²) in [6, 6.07) is 4.87. The highest BCUT2D eigenvalue weighted by Gasteiger charge is 2.30. The molecule has 1 aromatic carbocycles. The number of carbonyl (C=O) groups excluding carboxylic acids is 2. The van der Waals surface area contributed by atoms with Gasteiger partial charge in [-0.15, -0.1) is 0 Å². The molecule has 1 aromatic heterocycles. The predicted octanol–water partition coefficient (Wildman–Crippen LogP) is 2.80. The lowest BCUT2D eigenvalue weighted by Gasteiger charge is -2.15. The maximum Gasteiger partial charge on any atom is 0.281 e. The lowest BCUT2D eigenvalue weighted by Crippen LogP contribution is -2.25. The second-order valence-electron chi connectivity index (χ2n) is 7.40. The van der Waals surface area contributed by atoms with E-state index in [0.29, 0.717) is 34.7 Å². The van der Waals surface area contributed by atoms with Crippen molar-refractivity contribution in [3.05, 3.63) is 41.6 Å². The molecule has 32 heavy (non-hydrogen) atoms. The molecule has 0 unspecified atom stereocenters. The van der Waals surface area contributed by atoms with E-state index in [2.05, 4.69) is 27.0 Å². The fraction of sp³-hybridized carbons (Fsp3) is 0.318. The third kappa shape index (κ3) is 3.86. The van der Waals surface area contributed by atoms with Crippen LogP contribution in [0.15, 0.2) is 40.3 Å². The van der Waals surface area contributed by atoms with Crippen molar-refractivity contribution in [2.24, 2.45) is 9.98 Å². The molecular weight excluding hydrogens is 414 g/mol. The van der Waals surface area contributed by atoms with E-state index in [1.54, 1.807) is 25.1 Å². The van der Waals surface area contributed by atoms with Gasteiger partial charge in [-0.3, -0.25) is 9.59 Å². The summed E-state index contributed by atoms with van der Waals surface area (Å²) in [5, 5.41) is 7.38. The normalized spacial score (nSPS) is 15.8. The number of carbonyl (C=O) groups is 2. The number of rotatable bonds is 6. The first-order chi connectivity index (χ1) is 15.4. The van der Waals surface area contributed by atoms with Crippen LogP contribution in [0, 0.1) is 0 Å². The molecule has 2 aromatic rings. The summed E-state index contributed by atoms with van der Waals surface area (Å²) in [5.41, 5.74) is 1.77. The number of hydrogen-bond donors (Lipinski definition) is 1. The van der Waals surface area contributed by atoms with Gasteiger partial charge < -0.3 is 19.5 Å². The van der Waals surface area contributed by atoms with Crippen molar-refractivity contribution in [3.8, 4) is 17.2 Å². The summed E-state index contributed by atoms with van der Waals surface area (Å²) in [6.45, 7) is 5.36. The van der Waals surface area contributed by atoms with Crippen molar-refractivity contribution in [2.45, 2.75) is 25.7 Å². The van der Waals surface area contributed by atoms with E-state index >= 15 is 0 Å². The van der Waals surface area contributed by atoms with Crippen LogP contribution >= 0.6 is 0 Å². The topological polar surface area (TPSA) is 116 Å². The highest BCUT2D eigenvalue weighted by molar-refractivity contribution is 6.28. The van der Waals surface area contributed by atoms with Crippen LogP contribution in [-0.4, -0.2) is 54.6 Å². The Kier molecular flexibility index (Phi) is 5.52. The first-order valence-corrected chi connectivity index (χ1v) is 9.95. The highest BCUT2D eigenvalue weighted by atomic mass is 16.5. The predicted molar refractivity (Wildman–Crippen MR) is 118 cm³/mol. The van der Waals surface area contributed by atoms with Gasteiger partial charge in [0.05, 0.1) is 38.3 Å². The lowest BCUT2D eigenvalue weighted by atomic mass is 10.1. The third-order valence-corrected chi connectivity index (χ3v) is 5.25. The molecule has 1 aliphatic carbocycles. The maximum atomic E-state index is 13.1. The van der Waals surface area contributed by atoms with Crippen molar-refractivity contribution in [3.63, 3.8) is 0 Å². The van der Waals surface area contributed by atoms with Gasteiger partial charge in [0.1, 0.15) is 5.82 Å². The first kappa shape index (κ1) is 21.3. The van der Waals surface area contributed by atoms with Gasteiger partial charge in [-0.25, -0.2) is 4.99 Å². The number of nitrogens with one attached hydrogen (secondary N) is 1. The minimum atomic E-state index is -0.488. The molecule has 0 saturated heterocycles. The van der Waals surface area contributed by atoms with Crippen LogP contribution in [-0.2, 0) is 4.79 Å². The third-order valence-electron chi connectivity index (χ3n) is 5.25. The molecule has 0 spiro atoms. The summed E-state index contributed by atoms with van der Waals surface area (Å²) in [5.74, 6) is 0.905. The van der Waals surface area contributed by atoms with E-state index in [1.807, 2.05) is 0 Å². The Hall–Kier alpha value is -3.95. The Morgan fingerprint density at radius 1 is 1.09 bits per heavy atom. The Morgan fingerprint density at radius 2 is 1.75 bits per heavy atom. The molecular formula is C22H23N5O5. The van der Waals surface area contributed by atoms with Crippen LogP contribution in [0.3, 0.4) is 0 Å². The molecule has 0 atom stereocenters. The van der Waals surface area contributed by atoms with E-state index in [4.69, 9.17) is 14.2 Å². The smallest absolute Gasteiger partial charge is 0.281 e. The summed E-state index contributed by atoms with van der Waals surface area (Å²) < 4.78 is 17.3. The van der Waals surface area contributed by atoms with Crippen molar-refractivity contribution >= 4 is 29.3 Å². The first-order valence-electron chi connectivity index (χ1n) is 9.95. The number of aromatic nitrogens is 2. The van der Waals surface area contributed by atoms with Crippen molar-refractivity contribution in [2.75, 3.05) is 26.6 Å². The van der Waals surface area contributed by atoms with E-state index < -0.39 is 11.8 Å². The lowest BCUT2D eigenvalue weighted by molar-refractivity contribution is -0.113. The Balaban J connectivity index is 1.71. The molecule has 2 aliphatic rings. The van der Waals surface area contributed by atoms with Gasteiger partial charge in [0.25, 0.3) is 17.8 Å². The summed E-state index contributed by atoms with van der Waals surface area (Å²) in [7, 11) is 4.44. The number of hydrogen-bond acceptors (Lipinski definition) is 7. The quantitative estimate of drug-likeness (QED) is 0.695. The largest absolute Gasteiger partial charge is 0.493 e. The molecule has 1 saturated carbocycles. The summed E-state index contributed by atoms with van der Waals surface area (Å²) in [4.78, 5) is 33.6. The molecule has 2 heterocycles. The van der Waals surface area contributed by atoms with Crippen LogP contribution in [0.5, 0.6) is 17.2 Å². The molecule has 1 fully saturated rings. The van der Waals surface area contributed by atoms with Crippen LogP contribution in [0.1, 0.15) is 41.7 Å². The fourth-order valence-electron chi connectivity index (χ4n) is 3.27. The average Bonchev–Trinajstić information content (AvgIpc) is 3.56. The van der Waals surface area contributed by atoms with E-state index in [9.17, 15) is 9.59 Å². The zero-order valence-electron chi connectivity index (χ0n) is 18.3. The zero-order valence-corrected chi connectivity index (χ0v) is 18.3. The van der Waals surface area contributed by atoms with Crippen LogP contribution in [0.2, 0.25) is 0 Å². The molecule has 1 aliphatic heterocycles. The summed E-state index contributed by atoms with van der Waals surface area (Å²) in [6.07, 6.45) is 2.03. The number of aliphatic imine (C=N–C) groups is 2. The summed E-state index contributed by atoms with van der Waals surface area (Å²) >= 11 is 0. The van der Waals surface area contributed by atoms with Gasteiger partial charge in [0, 0.05) is 17.5 Å². The van der Waals surface area contributed by atoms with Gasteiger partial charge in [-0.05, 0) is 31.9 Å². The molecule has 166 valence electrons. The molecule has 10 heteroatoms. The van der Waals surface area contributed by atoms with E-state index in [-0.39, 0.29) is 17.1 Å². The van der Waals surface area contributed by atoms with Gasteiger partial charge in [-0.2, -0.15) is 14.8 Å². The Morgan fingerprint density at radius 3 is 2.28 bits per heavy atom. The maximum absolute atomic E-state index is 13.1. The zero-order chi connectivity index (χ0) is 23.0. The molecule has 2 amide bonds. The number of ether oxygens (including phenoxy) is 3. The van der Waals surface area contributed by atoms with Crippen LogP contribution < -0.4 is 19.5 Å². The molecule has 0 bridgehead atoms. The Bertz CT molecular complexity index is 1160. The van der Waals surface area contributed by atoms with Gasteiger partial charge >= 0.3 is 0 Å². The van der Waals surface area contributed by atoms with Gasteiger partial charge in [0.2, 0.25) is 5.75 Å². The second kappa shape index (κ2) is 8.29. The highest BCUT2D eigenvalue weighted by Crippen LogP contribution is 2.41. The van der Waals surface area contributed by atoms with E-state index in [1.165, 1.54) is 26.0 Å². The number of methoxy groups -OCH3 is 3. The van der Waals surface area contributed by atoms with Gasteiger partial charge in [-0.1, -0.05) is 6.58 Å². The number of amides is 2. The molecule has 1 N–H and O–H groups in total. The number of nitrogens with zero attached hydrogens (tertiary/aromatic N) is 4. The van der Waals surface area contributed by atoms with Crippen LogP contribution in [0.4, 0.5) is 5.82 Å². The van der Waals surface area contributed by atoms with Gasteiger partial charge in [0.15, 0.2) is 11.5 Å². The molecule has 0 radical (unpaired) electrons. The van der Waals surface area contributed by atoms with Crippen molar-refractivity contribution in [1.82, 2.24) is 9.78 Å². The number of anilines is 1. The monoisotopic (exact) mass is 437 g/mol. The molecule has 4 rings (SSSR count). The minimum Gasteiger partial charge on any atom is -0.493 e. The average molecular weight is 437 g/mol. The fourth-order valence-corrected chi connectivity index (χ4v) is 3.27. The Labute approximate surface area is 184 Å². The van der Waals surface area contributed by atoms with Crippen molar-refractivity contribution in [1.29, 1.82) is 0 Å². The standard InChI is InChI=1S/C22H23N5O5/c1-11-12(2)23-22(25-20(11)28)27-18(10-15(26-27)13-6-7-13)24-21(29)14-8-16(30-3)19(32-5)17(9-14)31-4/h8-10,13H,1,6-7H2,2-5H3,(H,24,29). The van der Waals surface area contributed by atoms with Crippen molar-refractivity contribution < 1.29 is 23.8 Å².